The fraction of sp³-hybridized carbons (Fsp3) is 0.478. The maximum atomic E-state index is 10.5. The Hall–Kier alpha value is -1.50. The summed E-state index contributed by atoms with van der Waals surface area (Å²) in [5.41, 5.74) is 0. The second kappa shape index (κ2) is 8.47. The minimum Gasteiger partial charge on any atom is -0.405 e. The van der Waals surface area contributed by atoms with E-state index in [1.807, 2.05) is 43.3 Å². The van der Waals surface area contributed by atoms with Crippen LogP contribution in [0.3, 0.4) is 0 Å². The molecule has 0 aromatic heterocycles. The van der Waals surface area contributed by atoms with Crippen molar-refractivity contribution in [3.05, 3.63) is 60.7 Å². The van der Waals surface area contributed by atoms with Crippen LogP contribution in [0.4, 0.5) is 0 Å². The first-order valence-corrected chi connectivity index (χ1v) is 12.0. The summed E-state index contributed by atoms with van der Waals surface area (Å²) in [6, 6.07) is 20.8. The van der Waals surface area contributed by atoms with Crippen molar-refractivity contribution in [2.24, 2.45) is 0 Å². The summed E-state index contributed by atoms with van der Waals surface area (Å²) in [4.78, 5) is 0. The molecular formula is C23H32O4Si. The lowest BCUT2D eigenvalue weighted by atomic mass is 10.1. The molecule has 5 heteroatoms. The van der Waals surface area contributed by atoms with Gasteiger partial charge in [-0.2, -0.15) is 0 Å². The first-order valence-electron chi connectivity index (χ1n) is 10.1. The highest BCUT2D eigenvalue weighted by atomic mass is 28.4. The smallest absolute Gasteiger partial charge is 0.261 e. The van der Waals surface area contributed by atoms with E-state index in [1.165, 1.54) is 10.4 Å². The summed E-state index contributed by atoms with van der Waals surface area (Å²) in [5.74, 6) is 0. The quantitative estimate of drug-likeness (QED) is 0.732. The number of aliphatic hydroxyl groups is 2. The topological polar surface area (TPSA) is 58.9 Å². The van der Waals surface area contributed by atoms with Gasteiger partial charge in [0.15, 0.2) is 0 Å². The van der Waals surface area contributed by atoms with Crippen molar-refractivity contribution in [3.8, 4) is 0 Å². The molecule has 0 radical (unpaired) electrons. The SMILES string of the molecule is CC[C@@H]1O[C@H](CO[Si](c2ccccc2)(c2ccccc2)C(C)(C)C)C(O)C1O. The predicted molar refractivity (Wildman–Crippen MR) is 115 cm³/mol. The summed E-state index contributed by atoms with van der Waals surface area (Å²) < 4.78 is 12.7. The molecule has 2 unspecified atom stereocenters. The zero-order valence-electron chi connectivity index (χ0n) is 17.2. The standard InChI is InChI=1S/C23H32O4Si/c1-5-19-21(24)22(25)20(27-19)16-26-28(23(2,3)4,17-12-8-6-9-13-17)18-14-10-7-11-15-18/h6-15,19-22,24-25H,5,16H2,1-4H3/t19-,20+,21?,22?/m0/s1. The third-order valence-corrected chi connectivity index (χ3v) is 10.7. The molecular weight excluding hydrogens is 368 g/mol. The average Bonchev–Trinajstić information content (AvgIpc) is 2.97. The van der Waals surface area contributed by atoms with Gasteiger partial charge in [-0.1, -0.05) is 88.4 Å². The molecule has 2 aromatic rings. The summed E-state index contributed by atoms with van der Waals surface area (Å²) in [6.45, 7) is 8.85. The molecule has 0 bridgehead atoms. The lowest BCUT2D eigenvalue weighted by molar-refractivity contribution is -0.0188. The Morgan fingerprint density at radius 1 is 0.857 bits per heavy atom. The van der Waals surface area contributed by atoms with Crippen LogP contribution < -0.4 is 10.4 Å². The molecule has 1 saturated heterocycles. The number of rotatable bonds is 6. The van der Waals surface area contributed by atoms with Crippen LogP contribution in [-0.2, 0) is 9.16 Å². The van der Waals surface area contributed by atoms with E-state index >= 15 is 0 Å². The second-order valence-corrected chi connectivity index (χ2v) is 12.9. The van der Waals surface area contributed by atoms with E-state index in [2.05, 4.69) is 45.0 Å². The van der Waals surface area contributed by atoms with Gasteiger partial charge in [0, 0.05) is 0 Å². The minimum absolute atomic E-state index is 0.137. The van der Waals surface area contributed by atoms with Crippen LogP contribution in [0.15, 0.2) is 60.7 Å². The Bertz CT molecular complexity index is 705. The Morgan fingerprint density at radius 3 is 1.71 bits per heavy atom. The predicted octanol–water partition coefficient (Wildman–Crippen LogP) is 2.46. The molecule has 2 N–H and O–H groups in total. The van der Waals surface area contributed by atoms with E-state index in [4.69, 9.17) is 9.16 Å². The van der Waals surface area contributed by atoms with E-state index in [-0.39, 0.29) is 17.7 Å². The van der Waals surface area contributed by atoms with Crippen molar-refractivity contribution in [1.29, 1.82) is 0 Å². The van der Waals surface area contributed by atoms with Gasteiger partial charge in [-0.15, -0.1) is 0 Å². The molecule has 1 aliphatic heterocycles. The molecule has 1 fully saturated rings. The third kappa shape index (κ3) is 3.82. The first-order chi connectivity index (χ1) is 13.3. The molecule has 3 rings (SSSR count). The maximum absolute atomic E-state index is 10.5. The van der Waals surface area contributed by atoms with Crippen LogP contribution in [0, 0.1) is 0 Å². The first kappa shape index (κ1) is 21.2. The molecule has 4 nitrogen and oxygen atoms in total. The van der Waals surface area contributed by atoms with Crippen molar-refractivity contribution in [2.45, 2.75) is 63.6 Å². The fourth-order valence-corrected chi connectivity index (χ4v) is 8.84. The van der Waals surface area contributed by atoms with E-state index in [0.29, 0.717) is 6.42 Å². The van der Waals surface area contributed by atoms with Gasteiger partial charge in [-0.3, -0.25) is 0 Å². The fourth-order valence-electron chi connectivity index (χ4n) is 4.27. The summed E-state index contributed by atoms with van der Waals surface area (Å²) in [7, 11) is -2.67. The highest BCUT2D eigenvalue weighted by Gasteiger charge is 2.51. The lowest BCUT2D eigenvalue weighted by Gasteiger charge is -2.43. The normalized spacial score (nSPS) is 25.8. The molecule has 28 heavy (non-hydrogen) atoms. The number of aliphatic hydroxyl groups excluding tert-OH is 2. The minimum atomic E-state index is -2.67. The van der Waals surface area contributed by atoms with Crippen LogP contribution in [0.2, 0.25) is 5.04 Å². The van der Waals surface area contributed by atoms with Gasteiger partial charge in [-0.25, -0.2) is 0 Å². The summed E-state index contributed by atoms with van der Waals surface area (Å²) in [5, 5.41) is 22.9. The Balaban J connectivity index is 2.00. The zero-order chi connectivity index (χ0) is 20.4. The van der Waals surface area contributed by atoms with Crippen LogP contribution in [0.5, 0.6) is 0 Å². The summed E-state index contributed by atoms with van der Waals surface area (Å²) in [6.07, 6.45) is -2.00. The van der Waals surface area contributed by atoms with Crippen molar-refractivity contribution in [2.75, 3.05) is 6.61 Å². The number of hydrogen-bond donors (Lipinski definition) is 2. The zero-order valence-corrected chi connectivity index (χ0v) is 18.2. The number of ether oxygens (including phenoxy) is 1. The third-order valence-electron chi connectivity index (χ3n) is 5.74. The van der Waals surface area contributed by atoms with E-state index in [1.54, 1.807) is 0 Å². The van der Waals surface area contributed by atoms with Gasteiger partial charge in [0.25, 0.3) is 8.32 Å². The van der Waals surface area contributed by atoms with Crippen LogP contribution in [0.25, 0.3) is 0 Å². The van der Waals surface area contributed by atoms with Gasteiger partial charge in [0.2, 0.25) is 0 Å². The molecule has 0 spiro atoms. The number of hydrogen-bond acceptors (Lipinski definition) is 4. The highest BCUT2D eigenvalue weighted by molar-refractivity contribution is 6.99. The van der Waals surface area contributed by atoms with E-state index in [0.717, 1.165) is 0 Å². The molecule has 4 atom stereocenters. The van der Waals surface area contributed by atoms with E-state index in [9.17, 15) is 10.2 Å². The molecule has 152 valence electrons. The summed E-state index contributed by atoms with van der Waals surface area (Å²) >= 11 is 0. The Kier molecular flexibility index (Phi) is 6.42. The molecule has 2 aromatic carbocycles. The lowest BCUT2D eigenvalue weighted by Crippen LogP contribution is -2.67. The average molecular weight is 401 g/mol. The van der Waals surface area contributed by atoms with Gasteiger partial charge in [-0.05, 0) is 21.8 Å². The van der Waals surface area contributed by atoms with Crippen LogP contribution in [0.1, 0.15) is 34.1 Å². The molecule has 0 aliphatic carbocycles. The van der Waals surface area contributed by atoms with E-state index < -0.39 is 26.6 Å². The van der Waals surface area contributed by atoms with Crippen molar-refractivity contribution < 1.29 is 19.4 Å². The monoisotopic (exact) mass is 400 g/mol. The number of benzene rings is 2. The Morgan fingerprint density at radius 2 is 1.32 bits per heavy atom. The van der Waals surface area contributed by atoms with Crippen molar-refractivity contribution in [1.82, 2.24) is 0 Å². The van der Waals surface area contributed by atoms with Gasteiger partial charge in [0.05, 0.1) is 12.7 Å². The van der Waals surface area contributed by atoms with Gasteiger partial charge < -0.3 is 19.4 Å². The Labute approximate surface area is 169 Å². The van der Waals surface area contributed by atoms with Crippen molar-refractivity contribution >= 4 is 18.7 Å². The maximum Gasteiger partial charge on any atom is 0.261 e. The molecule has 0 saturated carbocycles. The molecule has 0 amide bonds. The van der Waals surface area contributed by atoms with Gasteiger partial charge in [0.1, 0.15) is 18.3 Å². The van der Waals surface area contributed by atoms with Crippen molar-refractivity contribution in [3.63, 3.8) is 0 Å². The molecule has 1 aliphatic rings. The molecule has 1 heterocycles. The van der Waals surface area contributed by atoms with Gasteiger partial charge >= 0.3 is 0 Å². The van der Waals surface area contributed by atoms with Crippen LogP contribution in [-0.4, -0.2) is 49.6 Å². The van der Waals surface area contributed by atoms with Crippen LogP contribution >= 0.6 is 0 Å². The second-order valence-electron chi connectivity index (χ2n) is 8.58. The largest absolute Gasteiger partial charge is 0.405 e. The highest BCUT2D eigenvalue weighted by Crippen LogP contribution is 2.37.